The van der Waals surface area contributed by atoms with Crippen LogP contribution in [0.1, 0.15) is 218 Å². The largest absolute Gasteiger partial charge is 0.393 e. The minimum absolute atomic E-state index is 0.0935. The Hall–Kier alpha value is -1.92. The van der Waals surface area contributed by atoms with E-state index in [0.717, 1.165) is 88.2 Å². The minimum Gasteiger partial charge on any atom is -0.393 e. The summed E-state index contributed by atoms with van der Waals surface area (Å²) in [5, 5.41) is 26.1. The highest BCUT2D eigenvalue weighted by atomic mass is 16.3. The molecule has 0 bridgehead atoms. The Morgan fingerprint density at radius 3 is 1.00 bits per heavy atom. The summed E-state index contributed by atoms with van der Waals surface area (Å²) < 4.78 is 0. The molecule has 4 N–H and O–H groups in total. The Bertz CT molecular complexity index is 833. The van der Waals surface area contributed by atoms with E-state index in [9.17, 15) is 19.8 Å². The molecule has 6 nitrogen and oxygen atoms in total. The van der Waals surface area contributed by atoms with Crippen molar-refractivity contribution in [2.75, 3.05) is 0 Å². The predicted octanol–water partition coefficient (Wildman–Crippen LogP) is 11.4. The van der Waals surface area contributed by atoms with Crippen LogP contribution in [0.2, 0.25) is 0 Å². The average molecular weight is 701 g/mol. The Morgan fingerprint density at radius 2 is 0.700 bits per heavy atom. The molecule has 1 rings (SSSR count). The quantitative estimate of drug-likeness (QED) is 0.0524. The molecule has 50 heavy (non-hydrogen) atoms. The molecule has 1 aromatic rings. The van der Waals surface area contributed by atoms with Crippen LogP contribution < -0.4 is 10.6 Å². The second-order valence-corrected chi connectivity index (χ2v) is 15.1. The molecule has 6 heteroatoms. The van der Waals surface area contributed by atoms with Crippen molar-refractivity contribution < 1.29 is 19.8 Å². The Morgan fingerprint density at radius 1 is 0.440 bits per heavy atom. The van der Waals surface area contributed by atoms with Gasteiger partial charge in [0.05, 0.1) is 12.2 Å². The van der Waals surface area contributed by atoms with Crippen molar-refractivity contribution in [1.29, 1.82) is 0 Å². The lowest BCUT2D eigenvalue weighted by atomic mass is 10.0. The number of unbranched alkanes of at least 4 members (excludes halogenated alkanes) is 20. The van der Waals surface area contributed by atoms with Crippen LogP contribution in [0.25, 0.3) is 0 Å². The normalized spacial score (nSPS) is 12.6. The number of carbonyl (C=O) groups is 2. The van der Waals surface area contributed by atoms with Crippen molar-refractivity contribution in [2.45, 2.75) is 232 Å². The first-order valence-electron chi connectivity index (χ1n) is 21.4. The molecule has 0 aromatic heterocycles. The topological polar surface area (TPSA) is 98.7 Å². The summed E-state index contributed by atoms with van der Waals surface area (Å²) in [5.41, 5.74) is 2.16. The zero-order chi connectivity index (χ0) is 36.3. The van der Waals surface area contributed by atoms with Crippen LogP contribution in [0.15, 0.2) is 24.3 Å². The maximum atomic E-state index is 12.3. The smallest absolute Gasteiger partial charge is 0.220 e. The molecule has 2 unspecified atom stereocenters. The van der Waals surface area contributed by atoms with E-state index in [1.165, 1.54) is 103 Å². The van der Waals surface area contributed by atoms with Crippen molar-refractivity contribution in [3.63, 3.8) is 0 Å². The summed E-state index contributed by atoms with van der Waals surface area (Å²) in [6.45, 7) is 5.50. The van der Waals surface area contributed by atoms with Gasteiger partial charge in [-0.3, -0.25) is 9.59 Å². The minimum atomic E-state index is -0.0935. The lowest BCUT2D eigenvalue weighted by molar-refractivity contribution is -0.122. The third-order valence-electron chi connectivity index (χ3n) is 10.2. The third-order valence-corrected chi connectivity index (χ3v) is 10.2. The first-order valence-corrected chi connectivity index (χ1v) is 21.4. The highest BCUT2D eigenvalue weighted by Gasteiger charge is 2.06. The Labute approximate surface area is 308 Å². The van der Waals surface area contributed by atoms with Gasteiger partial charge in [-0.25, -0.2) is 0 Å². The summed E-state index contributed by atoms with van der Waals surface area (Å²) in [4.78, 5) is 24.6. The number of aliphatic hydroxyl groups is 2. The molecule has 2 atom stereocenters. The number of amides is 2. The van der Waals surface area contributed by atoms with Crippen LogP contribution in [0.5, 0.6) is 0 Å². The molecule has 0 aliphatic heterocycles. The molecule has 1 aromatic carbocycles. The zero-order valence-corrected chi connectivity index (χ0v) is 32.8. The number of carbonyl (C=O) groups excluding carboxylic acids is 2. The van der Waals surface area contributed by atoms with E-state index in [-0.39, 0.29) is 24.0 Å². The first-order chi connectivity index (χ1) is 24.4. The van der Waals surface area contributed by atoms with Crippen molar-refractivity contribution in [3.05, 3.63) is 35.4 Å². The maximum Gasteiger partial charge on any atom is 0.220 e. The van der Waals surface area contributed by atoms with E-state index in [1.807, 2.05) is 24.3 Å². The van der Waals surface area contributed by atoms with Gasteiger partial charge in [0, 0.05) is 25.9 Å². The summed E-state index contributed by atoms with van der Waals surface area (Å²) >= 11 is 0. The first kappa shape index (κ1) is 46.1. The lowest BCUT2D eigenvalue weighted by Gasteiger charge is -2.09. The molecule has 0 spiro atoms. The zero-order valence-electron chi connectivity index (χ0n) is 32.8. The molecule has 0 saturated carbocycles. The van der Waals surface area contributed by atoms with Gasteiger partial charge in [-0.2, -0.15) is 0 Å². The number of aliphatic hydroxyl groups excluding tert-OH is 2. The second-order valence-electron chi connectivity index (χ2n) is 15.1. The van der Waals surface area contributed by atoms with E-state index < -0.39 is 0 Å². The summed E-state index contributed by atoms with van der Waals surface area (Å²) in [6, 6.07) is 8.15. The molecule has 0 saturated heterocycles. The van der Waals surface area contributed by atoms with Gasteiger partial charge in [-0.05, 0) is 49.7 Å². The molecular weight excluding hydrogens is 620 g/mol. The van der Waals surface area contributed by atoms with Gasteiger partial charge in [0.15, 0.2) is 0 Å². The van der Waals surface area contributed by atoms with E-state index >= 15 is 0 Å². The standard InChI is InChI=1S/C44H80N2O4/c1-3-5-21-27-41(47)29-23-17-13-9-7-11-15-19-25-31-43(49)45-37-39-33-35-40(36-34-39)38-46-44(50)32-26-20-16-12-8-10-14-18-24-30-42(48)28-22-6-4-2/h33-36,41-42,47-48H,3-32,37-38H2,1-2H3,(H,45,49)(H,46,50). The van der Waals surface area contributed by atoms with Crippen LogP contribution in [0, 0.1) is 0 Å². The number of hydrogen-bond donors (Lipinski definition) is 4. The van der Waals surface area contributed by atoms with Crippen LogP contribution in [-0.2, 0) is 22.7 Å². The fourth-order valence-electron chi connectivity index (χ4n) is 6.71. The molecule has 290 valence electrons. The van der Waals surface area contributed by atoms with Gasteiger partial charge in [0.1, 0.15) is 0 Å². The van der Waals surface area contributed by atoms with Gasteiger partial charge >= 0.3 is 0 Å². The number of benzene rings is 1. The van der Waals surface area contributed by atoms with Crippen molar-refractivity contribution in [1.82, 2.24) is 10.6 Å². The van der Waals surface area contributed by atoms with Crippen molar-refractivity contribution in [2.24, 2.45) is 0 Å². The highest BCUT2D eigenvalue weighted by Crippen LogP contribution is 2.16. The summed E-state index contributed by atoms with van der Waals surface area (Å²) in [6.07, 6.45) is 33.6. The molecule has 0 fully saturated rings. The molecule has 2 amide bonds. The van der Waals surface area contributed by atoms with E-state index in [1.54, 1.807) is 0 Å². The monoisotopic (exact) mass is 701 g/mol. The Kier molecular flexibility index (Phi) is 31.5. The van der Waals surface area contributed by atoms with Crippen LogP contribution >= 0.6 is 0 Å². The lowest BCUT2D eigenvalue weighted by Crippen LogP contribution is -2.23. The molecule has 0 radical (unpaired) electrons. The van der Waals surface area contributed by atoms with E-state index in [0.29, 0.717) is 25.9 Å². The van der Waals surface area contributed by atoms with Crippen LogP contribution in [-0.4, -0.2) is 34.2 Å². The molecule has 0 aliphatic carbocycles. The fraction of sp³-hybridized carbons (Fsp3) is 0.818. The fourth-order valence-corrected chi connectivity index (χ4v) is 6.71. The summed E-state index contributed by atoms with van der Waals surface area (Å²) in [7, 11) is 0. The van der Waals surface area contributed by atoms with Gasteiger partial charge in [-0.1, -0.05) is 179 Å². The van der Waals surface area contributed by atoms with Crippen LogP contribution in [0.3, 0.4) is 0 Å². The van der Waals surface area contributed by atoms with E-state index in [2.05, 4.69) is 24.5 Å². The van der Waals surface area contributed by atoms with Gasteiger partial charge < -0.3 is 20.8 Å². The average Bonchev–Trinajstić information content (AvgIpc) is 3.11. The molecular formula is C44H80N2O4. The van der Waals surface area contributed by atoms with Gasteiger partial charge in [0.2, 0.25) is 11.8 Å². The molecule has 0 aliphatic rings. The maximum absolute atomic E-state index is 12.3. The van der Waals surface area contributed by atoms with Crippen LogP contribution in [0.4, 0.5) is 0 Å². The van der Waals surface area contributed by atoms with Gasteiger partial charge in [-0.15, -0.1) is 0 Å². The SMILES string of the molecule is CCCCCC(O)CCCCCCCCCCCC(=O)NCc1ccc(CNC(=O)CCCCCCCCCCCC(O)CCCCC)cc1. The third kappa shape index (κ3) is 29.8. The number of hydrogen-bond acceptors (Lipinski definition) is 4. The second kappa shape index (κ2) is 34.2. The Balaban J connectivity index is 1.93. The van der Waals surface area contributed by atoms with Crippen molar-refractivity contribution in [3.8, 4) is 0 Å². The number of nitrogens with one attached hydrogen (secondary N) is 2. The predicted molar refractivity (Wildman–Crippen MR) is 212 cm³/mol. The summed E-state index contributed by atoms with van der Waals surface area (Å²) in [5.74, 6) is 0.247. The van der Waals surface area contributed by atoms with E-state index in [4.69, 9.17) is 0 Å². The number of rotatable bonds is 36. The van der Waals surface area contributed by atoms with Gasteiger partial charge in [0.25, 0.3) is 0 Å². The van der Waals surface area contributed by atoms with Crippen molar-refractivity contribution >= 4 is 11.8 Å². The highest BCUT2D eigenvalue weighted by molar-refractivity contribution is 5.76. The molecule has 0 heterocycles.